The van der Waals surface area contributed by atoms with Crippen molar-refractivity contribution in [2.24, 2.45) is 0 Å². The van der Waals surface area contributed by atoms with E-state index in [1.807, 2.05) is 13.8 Å². The average molecular weight is 549 g/mol. The van der Waals surface area contributed by atoms with Crippen molar-refractivity contribution < 1.29 is 33.2 Å². The molecule has 220 valence electrons. The van der Waals surface area contributed by atoms with E-state index in [4.69, 9.17) is 28.4 Å². The fourth-order valence-corrected chi connectivity index (χ4v) is 5.67. The summed E-state index contributed by atoms with van der Waals surface area (Å²) in [6.45, 7) is 9.14. The predicted molar refractivity (Wildman–Crippen MR) is 149 cm³/mol. The monoisotopic (exact) mass is 548 g/mol. The highest BCUT2D eigenvalue weighted by atomic mass is 16.8. The first-order valence-electron chi connectivity index (χ1n) is 14.9. The van der Waals surface area contributed by atoms with Gasteiger partial charge in [-0.3, -0.25) is 10.2 Å². The van der Waals surface area contributed by atoms with Gasteiger partial charge in [-0.2, -0.15) is 0 Å². The molecule has 4 rings (SSSR count). The lowest BCUT2D eigenvalue weighted by molar-refractivity contribution is -0.243. The molecule has 3 aliphatic rings. The molecular formula is C30H48N2O7. The molecule has 1 aromatic carbocycles. The van der Waals surface area contributed by atoms with Crippen LogP contribution in [0, 0.1) is 0 Å². The number of fused-ring (bicyclic) bond motifs is 1. The number of unbranched alkanes of at least 4 members (excludes halogenated alkanes) is 4. The van der Waals surface area contributed by atoms with Gasteiger partial charge in [-0.05, 0) is 70.5 Å². The van der Waals surface area contributed by atoms with Crippen LogP contribution in [0.2, 0.25) is 0 Å². The largest absolute Gasteiger partial charge is 0.497 e. The Balaban J connectivity index is 1.45. The lowest BCUT2D eigenvalue weighted by Crippen LogP contribution is -2.48. The number of hydrogen-bond donors (Lipinski definition) is 1. The number of carbonyl (C=O) groups is 1. The van der Waals surface area contributed by atoms with Gasteiger partial charge in [-0.25, -0.2) is 4.79 Å². The molecular weight excluding hydrogens is 500 g/mol. The van der Waals surface area contributed by atoms with Crippen molar-refractivity contribution in [2.45, 2.75) is 115 Å². The summed E-state index contributed by atoms with van der Waals surface area (Å²) in [6.07, 6.45) is 7.58. The van der Waals surface area contributed by atoms with Crippen molar-refractivity contribution >= 4 is 11.8 Å². The highest BCUT2D eigenvalue weighted by Crippen LogP contribution is 2.41. The molecule has 0 spiro atoms. The zero-order chi connectivity index (χ0) is 27.7. The molecule has 0 bridgehead atoms. The second-order valence-corrected chi connectivity index (χ2v) is 11.3. The first kappa shape index (κ1) is 30.1. The number of rotatable bonds is 13. The maximum atomic E-state index is 13.1. The van der Waals surface area contributed by atoms with Gasteiger partial charge in [0.25, 0.3) is 0 Å². The number of anilines is 1. The standard InChI is InChI=1S/C30H48N2O7/c1-5-6-7-10-13-20-35-28-27-26(38-30(2,3)39-27)25(37-28)24(21-32-18-11-8-9-12-19-32)36-29(33)31-22-14-16-23(34-4)17-15-22/h14-17,24-28H,5-13,18-21H2,1-4H3,(H,31,33)/t24-,25-,26+,27+,28+/m1/s1. The number of likely N-dealkylation sites (tertiary alicyclic amines) is 1. The smallest absolute Gasteiger partial charge is 0.412 e. The molecule has 0 radical (unpaired) electrons. The molecule has 0 aromatic heterocycles. The van der Waals surface area contributed by atoms with Gasteiger partial charge >= 0.3 is 6.09 Å². The summed E-state index contributed by atoms with van der Waals surface area (Å²) in [5, 5.41) is 2.85. The van der Waals surface area contributed by atoms with E-state index < -0.39 is 36.5 Å². The summed E-state index contributed by atoms with van der Waals surface area (Å²) in [5.74, 6) is -0.0470. The summed E-state index contributed by atoms with van der Waals surface area (Å²) in [5.41, 5.74) is 0.630. The highest BCUT2D eigenvalue weighted by Gasteiger charge is 2.58. The average Bonchev–Trinajstić information content (AvgIpc) is 3.26. The normalized spacial score (nSPS) is 27.5. The van der Waals surface area contributed by atoms with Crippen molar-refractivity contribution in [1.29, 1.82) is 0 Å². The van der Waals surface area contributed by atoms with E-state index in [1.165, 1.54) is 32.1 Å². The lowest BCUT2D eigenvalue weighted by Gasteiger charge is -2.32. The second-order valence-electron chi connectivity index (χ2n) is 11.3. The van der Waals surface area contributed by atoms with Crippen LogP contribution in [-0.2, 0) is 23.7 Å². The van der Waals surface area contributed by atoms with Gasteiger partial charge in [0.15, 0.2) is 12.1 Å². The third kappa shape index (κ3) is 8.79. The number of nitrogens with zero attached hydrogens (tertiary/aromatic N) is 1. The molecule has 0 aliphatic carbocycles. The Morgan fingerprint density at radius 2 is 1.72 bits per heavy atom. The number of amides is 1. The number of carbonyl (C=O) groups excluding carboxylic acids is 1. The van der Waals surface area contributed by atoms with E-state index in [0.717, 1.165) is 44.5 Å². The van der Waals surface area contributed by atoms with Gasteiger partial charge < -0.3 is 28.4 Å². The summed E-state index contributed by atoms with van der Waals surface area (Å²) in [6, 6.07) is 7.16. The van der Waals surface area contributed by atoms with Gasteiger partial charge in [-0.15, -0.1) is 0 Å². The van der Waals surface area contributed by atoms with Gasteiger partial charge in [0.1, 0.15) is 30.2 Å². The van der Waals surface area contributed by atoms with Crippen molar-refractivity contribution in [3.63, 3.8) is 0 Å². The molecule has 3 heterocycles. The summed E-state index contributed by atoms with van der Waals surface area (Å²) in [4.78, 5) is 15.5. The van der Waals surface area contributed by atoms with Gasteiger partial charge in [0, 0.05) is 18.8 Å². The zero-order valence-electron chi connectivity index (χ0n) is 24.2. The van der Waals surface area contributed by atoms with Crippen molar-refractivity contribution in [3.8, 4) is 5.75 Å². The van der Waals surface area contributed by atoms with E-state index >= 15 is 0 Å². The Bertz CT molecular complexity index is 873. The molecule has 1 amide bonds. The van der Waals surface area contributed by atoms with E-state index in [9.17, 15) is 4.79 Å². The minimum absolute atomic E-state index is 0.375. The maximum absolute atomic E-state index is 13.1. The fraction of sp³-hybridized carbons (Fsp3) is 0.767. The van der Waals surface area contributed by atoms with Crippen LogP contribution in [0.1, 0.15) is 78.6 Å². The first-order valence-corrected chi connectivity index (χ1v) is 14.9. The Morgan fingerprint density at radius 3 is 2.41 bits per heavy atom. The molecule has 3 fully saturated rings. The number of benzene rings is 1. The van der Waals surface area contributed by atoms with Crippen LogP contribution >= 0.6 is 0 Å². The van der Waals surface area contributed by atoms with Crippen LogP contribution in [0.5, 0.6) is 5.75 Å². The number of hydrogen-bond acceptors (Lipinski definition) is 8. The summed E-state index contributed by atoms with van der Waals surface area (Å²) < 4.78 is 36.5. The van der Waals surface area contributed by atoms with Crippen molar-refractivity contribution in [1.82, 2.24) is 4.90 Å². The predicted octanol–water partition coefficient (Wildman–Crippen LogP) is 5.72. The molecule has 0 saturated carbocycles. The zero-order valence-corrected chi connectivity index (χ0v) is 24.2. The van der Waals surface area contributed by atoms with E-state index in [0.29, 0.717) is 18.8 Å². The third-order valence-corrected chi connectivity index (χ3v) is 7.67. The minimum Gasteiger partial charge on any atom is -0.497 e. The van der Waals surface area contributed by atoms with E-state index in [1.54, 1.807) is 31.4 Å². The molecule has 39 heavy (non-hydrogen) atoms. The quantitative estimate of drug-likeness (QED) is 0.313. The summed E-state index contributed by atoms with van der Waals surface area (Å²) >= 11 is 0. The highest BCUT2D eigenvalue weighted by molar-refractivity contribution is 5.84. The van der Waals surface area contributed by atoms with Crippen molar-refractivity contribution in [2.75, 3.05) is 38.7 Å². The Labute approximate surface area is 233 Å². The molecule has 9 nitrogen and oxygen atoms in total. The SMILES string of the molecule is CCCCCCCO[C@H]1O[C@H]([C@@H](CN2CCCCCC2)OC(=O)Nc2ccc(OC)cc2)[C@@H]2OC(C)(C)O[C@H]12. The first-order chi connectivity index (χ1) is 18.9. The van der Waals surface area contributed by atoms with Crippen LogP contribution in [0.3, 0.4) is 0 Å². The van der Waals surface area contributed by atoms with Crippen LogP contribution in [0.4, 0.5) is 10.5 Å². The fourth-order valence-electron chi connectivity index (χ4n) is 5.67. The van der Waals surface area contributed by atoms with E-state index in [2.05, 4.69) is 17.1 Å². The Kier molecular flexibility index (Phi) is 11.3. The topological polar surface area (TPSA) is 87.7 Å². The molecule has 1 aromatic rings. The maximum Gasteiger partial charge on any atom is 0.412 e. The summed E-state index contributed by atoms with van der Waals surface area (Å²) in [7, 11) is 1.61. The molecule has 5 atom stereocenters. The van der Waals surface area contributed by atoms with Crippen LogP contribution in [0.15, 0.2) is 24.3 Å². The molecule has 0 unspecified atom stereocenters. The molecule has 3 aliphatic heterocycles. The molecule has 3 saturated heterocycles. The Morgan fingerprint density at radius 1 is 1.03 bits per heavy atom. The number of nitrogens with one attached hydrogen (secondary N) is 1. The molecule has 1 N–H and O–H groups in total. The van der Waals surface area contributed by atoms with E-state index in [-0.39, 0.29) is 6.10 Å². The minimum atomic E-state index is -0.765. The second kappa shape index (κ2) is 14.6. The Hall–Kier alpha value is -1.91. The number of ether oxygens (including phenoxy) is 6. The van der Waals surface area contributed by atoms with Crippen molar-refractivity contribution in [3.05, 3.63) is 24.3 Å². The van der Waals surface area contributed by atoms with Crippen LogP contribution < -0.4 is 10.1 Å². The van der Waals surface area contributed by atoms with Gasteiger partial charge in [0.2, 0.25) is 0 Å². The van der Waals surface area contributed by atoms with Gasteiger partial charge in [0.05, 0.1) is 7.11 Å². The molecule has 9 heteroatoms. The lowest BCUT2D eigenvalue weighted by atomic mass is 10.0. The third-order valence-electron chi connectivity index (χ3n) is 7.67. The van der Waals surface area contributed by atoms with Gasteiger partial charge in [-0.1, -0.05) is 45.4 Å². The van der Waals surface area contributed by atoms with Crippen LogP contribution in [0.25, 0.3) is 0 Å². The number of methoxy groups -OCH3 is 1. The van der Waals surface area contributed by atoms with Crippen LogP contribution in [-0.4, -0.2) is 80.8 Å².